The fraction of sp³-hybridized carbons (Fsp3) is 0.467. The van der Waals surface area contributed by atoms with Crippen LogP contribution in [0.1, 0.15) is 23.2 Å². The fourth-order valence-corrected chi connectivity index (χ4v) is 2.52. The molecule has 1 saturated carbocycles. The van der Waals surface area contributed by atoms with Gasteiger partial charge in [-0.15, -0.1) is 0 Å². The summed E-state index contributed by atoms with van der Waals surface area (Å²) in [7, 11) is 1.41. The number of benzene rings is 1. The molecule has 1 aliphatic carbocycles. The van der Waals surface area contributed by atoms with E-state index >= 15 is 0 Å². The Morgan fingerprint density at radius 1 is 1.43 bits per heavy atom. The summed E-state index contributed by atoms with van der Waals surface area (Å²) in [6.45, 7) is 0.0552. The Bertz CT molecular complexity index is 605. The van der Waals surface area contributed by atoms with E-state index in [1.807, 2.05) is 0 Å². The van der Waals surface area contributed by atoms with E-state index in [4.69, 9.17) is 32.5 Å². The van der Waals surface area contributed by atoms with E-state index in [-0.39, 0.29) is 35.1 Å². The van der Waals surface area contributed by atoms with Gasteiger partial charge < -0.3 is 26.3 Å². The number of primary amides is 1. The summed E-state index contributed by atoms with van der Waals surface area (Å²) in [5, 5.41) is 3.06. The molecule has 1 atom stereocenters. The van der Waals surface area contributed by atoms with Gasteiger partial charge in [0, 0.05) is 18.2 Å². The van der Waals surface area contributed by atoms with E-state index in [0.717, 1.165) is 12.8 Å². The summed E-state index contributed by atoms with van der Waals surface area (Å²) in [5.74, 6) is -0.0599. The molecule has 0 aliphatic heterocycles. The maximum Gasteiger partial charge on any atom is 0.255 e. The molecule has 0 heterocycles. The second kappa shape index (κ2) is 7.52. The summed E-state index contributed by atoms with van der Waals surface area (Å²) in [6, 6.07) is 2.91. The summed E-state index contributed by atoms with van der Waals surface area (Å²) >= 11 is 6.12. The highest BCUT2D eigenvalue weighted by Gasteiger charge is 2.31. The van der Waals surface area contributed by atoms with Crippen molar-refractivity contribution in [2.45, 2.75) is 18.9 Å². The molecule has 0 aromatic heterocycles. The minimum Gasteiger partial charge on any atom is -0.493 e. The van der Waals surface area contributed by atoms with Crippen molar-refractivity contribution in [1.29, 1.82) is 0 Å². The number of rotatable bonds is 8. The predicted octanol–water partition coefficient (Wildman–Crippen LogP) is 0.680. The number of carbonyl (C=O) groups excluding carboxylic acids is 2. The molecule has 8 heteroatoms. The number of carbonyl (C=O) groups is 2. The molecule has 1 aromatic rings. The van der Waals surface area contributed by atoms with Gasteiger partial charge in [0.1, 0.15) is 0 Å². The van der Waals surface area contributed by atoms with Gasteiger partial charge in [-0.05, 0) is 30.9 Å². The highest BCUT2D eigenvalue weighted by Crippen LogP contribution is 2.37. The van der Waals surface area contributed by atoms with E-state index in [1.54, 1.807) is 0 Å². The quantitative estimate of drug-likeness (QED) is 0.643. The van der Waals surface area contributed by atoms with E-state index < -0.39 is 5.91 Å². The lowest BCUT2D eigenvalue weighted by molar-refractivity contribution is -0.119. The van der Waals surface area contributed by atoms with Crippen molar-refractivity contribution in [3.8, 4) is 11.5 Å². The largest absolute Gasteiger partial charge is 0.493 e. The van der Waals surface area contributed by atoms with E-state index in [1.165, 1.54) is 19.2 Å². The first-order valence-corrected chi connectivity index (χ1v) is 7.63. The highest BCUT2D eigenvalue weighted by molar-refractivity contribution is 6.32. The smallest absolute Gasteiger partial charge is 0.255 e. The molecule has 1 fully saturated rings. The maximum absolute atomic E-state index is 12.3. The summed E-state index contributed by atoms with van der Waals surface area (Å²) in [5.41, 5.74) is 11.1. The van der Waals surface area contributed by atoms with Crippen molar-refractivity contribution in [2.24, 2.45) is 17.4 Å². The average molecular weight is 342 g/mol. The van der Waals surface area contributed by atoms with Crippen molar-refractivity contribution < 1.29 is 19.1 Å². The molecule has 1 aliphatic rings. The zero-order valence-electron chi connectivity index (χ0n) is 12.8. The van der Waals surface area contributed by atoms with Crippen LogP contribution in [0.15, 0.2) is 12.1 Å². The summed E-state index contributed by atoms with van der Waals surface area (Å²) in [6.07, 6.45) is 2.15. The predicted molar refractivity (Wildman–Crippen MR) is 85.7 cm³/mol. The molecule has 23 heavy (non-hydrogen) atoms. The number of nitrogens with one attached hydrogen (secondary N) is 1. The minimum atomic E-state index is -0.639. The molecule has 0 radical (unpaired) electrons. The third-order valence-electron chi connectivity index (χ3n) is 3.61. The Hall–Kier alpha value is -1.99. The third-order valence-corrected chi connectivity index (χ3v) is 3.89. The van der Waals surface area contributed by atoms with Gasteiger partial charge in [0.05, 0.1) is 12.1 Å². The second-order valence-electron chi connectivity index (χ2n) is 5.40. The SMILES string of the molecule is COc1cc(C(=O)NC(CN)C2CC2)cc(Cl)c1OCC(N)=O. The molecule has 0 spiro atoms. The zero-order valence-corrected chi connectivity index (χ0v) is 13.6. The van der Waals surface area contributed by atoms with Crippen LogP contribution < -0.4 is 26.3 Å². The monoisotopic (exact) mass is 341 g/mol. The molecule has 7 nitrogen and oxygen atoms in total. The fourth-order valence-electron chi connectivity index (χ4n) is 2.25. The van der Waals surface area contributed by atoms with Crippen molar-refractivity contribution in [1.82, 2.24) is 5.32 Å². The van der Waals surface area contributed by atoms with Crippen LogP contribution in [-0.4, -0.2) is 38.1 Å². The van der Waals surface area contributed by atoms with E-state index in [9.17, 15) is 9.59 Å². The Labute approximate surface area is 139 Å². The van der Waals surface area contributed by atoms with E-state index in [2.05, 4.69) is 5.32 Å². The van der Waals surface area contributed by atoms with Gasteiger partial charge in [0.15, 0.2) is 18.1 Å². The van der Waals surface area contributed by atoms with Crippen LogP contribution in [0.5, 0.6) is 11.5 Å². The van der Waals surface area contributed by atoms with Crippen LogP contribution in [0.3, 0.4) is 0 Å². The number of hydrogen-bond donors (Lipinski definition) is 3. The topological polar surface area (TPSA) is 117 Å². The first-order chi connectivity index (χ1) is 11.0. The highest BCUT2D eigenvalue weighted by atomic mass is 35.5. The lowest BCUT2D eigenvalue weighted by Gasteiger charge is -2.17. The first-order valence-electron chi connectivity index (χ1n) is 7.25. The number of methoxy groups -OCH3 is 1. The van der Waals surface area contributed by atoms with Gasteiger partial charge in [-0.3, -0.25) is 9.59 Å². The molecule has 0 saturated heterocycles. The van der Waals surface area contributed by atoms with Crippen LogP contribution in [0.2, 0.25) is 5.02 Å². The van der Waals surface area contributed by atoms with Crippen LogP contribution in [0.4, 0.5) is 0 Å². The van der Waals surface area contributed by atoms with Gasteiger partial charge in [-0.2, -0.15) is 0 Å². The van der Waals surface area contributed by atoms with E-state index in [0.29, 0.717) is 18.0 Å². The Morgan fingerprint density at radius 2 is 2.13 bits per heavy atom. The molecule has 2 amide bonds. The maximum atomic E-state index is 12.3. The Balaban J connectivity index is 2.17. The Morgan fingerprint density at radius 3 is 2.65 bits per heavy atom. The minimum absolute atomic E-state index is 0.0435. The van der Waals surface area contributed by atoms with Crippen LogP contribution in [0.25, 0.3) is 0 Å². The normalized spacial score (nSPS) is 14.9. The van der Waals surface area contributed by atoms with Crippen LogP contribution in [0, 0.1) is 5.92 Å². The van der Waals surface area contributed by atoms with Crippen LogP contribution in [-0.2, 0) is 4.79 Å². The van der Waals surface area contributed by atoms with Gasteiger partial charge in [-0.1, -0.05) is 11.6 Å². The standard InChI is InChI=1S/C15H20ClN3O4/c1-22-12-5-9(4-10(16)14(12)23-7-13(18)20)15(21)19-11(6-17)8-2-3-8/h4-5,8,11H,2-3,6-7,17H2,1H3,(H2,18,20)(H,19,21). The molecular formula is C15H20ClN3O4. The Kier molecular flexibility index (Phi) is 5.68. The number of amides is 2. The summed E-state index contributed by atoms with van der Waals surface area (Å²) < 4.78 is 10.4. The van der Waals surface area contributed by atoms with Crippen molar-refractivity contribution in [3.05, 3.63) is 22.7 Å². The van der Waals surface area contributed by atoms with Gasteiger partial charge in [0.2, 0.25) is 0 Å². The molecule has 1 aromatic carbocycles. The molecular weight excluding hydrogens is 322 g/mol. The lowest BCUT2D eigenvalue weighted by atomic mass is 10.1. The van der Waals surface area contributed by atoms with Crippen molar-refractivity contribution in [2.75, 3.05) is 20.3 Å². The number of ether oxygens (including phenoxy) is 2. The van der Waals surface area contributed by atoms with Gasteiger partial charge in [-0.25, -0.2) is 0 Å². The lowest BCUT2D eigenvalue weighted by Crippen LogP contribution is -2.41. The van der Waals surface area contributed by atoms with Gasteiger partial charge in [0.25, 0.3) is 11.8 Å². The molecule has 5 N–H and O–H groups in total. The van der Waals surface area contributed by atoms with Crippen LogP contribution >= 0.6 is 11.6 Å². The summed E-state index contributed by atoms with van der Waals surface area (Å²) in [4.78, 5) is 23.2. The molecule has 1 unspecified atom stereocenters. The third kappa shape index (κ3) is 4.49. The number of halogens is 1. The number of nitrogens with two attached hydrogens (primary N) is 2. The zero-order chi connectivity index (χ0) is 17.0. The van der Waals surface area contributed by atoms with Gasteiger partial charge >= 0.3 is 0 Å². The second-order valence-corrected chi connectivity index (χ2v) is 5.80. The van der Waals surface area contributed by atoms with Crippen molar-refractivity contribution >= 4 is 23.4 Å². The first kappa shape index (κ1) is 17.4. The number of hydrogen-bond acceptors (Lipinski definition) is 5. The molecule has 2 rings (SSSR count). The van der Waals surface area contributed by atoms with Crippen molar-refractivity contribution in [3.63, 3.8) is 0 Å². The molecule has 126 valence electrons. The average Bonchev–Trinajstić information content (AvgIpc) is 3.34. The molecule has 0 bridgehead atoms.